The van der Waals surface area contributed by atoms with Crippen molar-refractivity contribution in [1.82, 2.24) is 9.55 Å². The molecule has 26 heavy (non-hydrogen) atoms. The fraction of sp³-hybridized carbons (Fsp3) is 0.286. The standard InChI is InChI=1S/C21H19N3O2/c1-24-19-8-3-2-7-18(19)23-21(24)17(12-22)20(25)15-6-4-5-14(11-15)16-9-10-26-13-16/h2-8,11,16-17H,9-10,13H2,1H3. The van der Waals surface area contributed by atoms with Crippen molar-refractivity contribution in [1.29, 1.82) is 5.26 Å². The molecule has 0 saturated carbocycles. The molecule has 2 aromatic carbocycles. The number of ether oxygens (including phenoxy) is 1. The van der Waals surface area contributed by atoms with E-state index in [4.69, 9.17) is 4.74 Å². The predicted molar refractivity (Wildman–Crippen MR) is 98.0 cm³/mol. The Morgan fingerprint density at radius 3 is 2.88 bits per heavy atom. The minimum absolute atomic E-state index is 0.216. The lowest BCUT2D eigenvalue weighted by atomic mass is 9.92. The Labute approximate surface area is 151 Å². The number of aromatic nitrogens is 2. The van der Waals surface area contributed by atoms with Gasteiger partial charge in [-0.2, -0.15) is 5.26 Å². The van der Waals surface area contributed by atoms with Gasteiger partial charge in [0.2, 0.25) is 0 Å². The zero-order valence-corrected chi connectivity index (χ0v) is 14.6. The number of nitriles is 1. The maximum atomic E-state index is 13.1. The molecule has 0 N–H and O–H groups in total. The van der Waals surface area contributed by atoms with Gasteiger partial charge < -0.3 is 9.30 Å². The first-order chi connectivity index (χ1) is 12.7. The van der Waals surface area contributed by atoms with E-state index in [0.29, 0.717) is 23.9 Å². The van der Waals surface area contributed by atoms with Crippen LogP contribution < -0.4 is 0 Å². The molecule has 0 spiro atoms. The van der Waals surface area contributed by atoms with E-state index in [-0.39, 0.29) is 5.78 Å². The van der Waals surface area contributed by atoms with Crippen molar-refractivity contribution in [2.75, 3.05) is 13.2 Å². The Bertz CT molecular complexity index is 1010. The molecule has 2 heterocycles. The largest absolute Gasteiger partial charge is 0.381 e. The zero-order valence-electron chi connectivity index (χ0n) is 14.6. The van der Waals surface area contributed by atoms with Crippen LogP contribution in [0.5, 0.6) is 0 Å². The van der Waals surface area contributed by atoms with Gasteiger partial charge >= 0.3 is 0 Å². The lowest BCUT2D eigenvalue weighted by Gasteiger charge is -2.12. The second-order valence-electron chi connectivity index (χ2n) is 6.63. The zero-order chi connectivity index (χ0) is 18.1. The van der Waals surface area contributed by atoms with Crippen molar-refractivity contribution in [2.45, 2.75) is 18.3 Å². The van der Waals surface area contributed by atoms with Gasteiger partial charge in [0.05, 0.1) is 23.7 Å². The summed E-state index contributed by atoms with van der Waals surface area (Å²) in [5.74, 6) is -0.346. The highest BCUT2D eigenvalue weighted by Crippen LogP contribution is 2.28. The molecule has 5 heteroatoms. The first-order valence-corrected chi connectivity index (χ1v) is 8.72. The summed E-state index contributed by atoms with van der Waals surface area (Å²) in [5.41, 5.74) is 3.34. The maximum absolute atomic E-state index is 13.1. The number of Topliss-reactive ketones (excluding diaryl/α,β-unsaturated/α-hetero) is 1. The van der Waals surface area contributed by atoms with Crippen molar-refractivity contribution < 1.29 is 9.53 Å². The first kappa shape index (κ1) is 16.5. The topological polar surface area (TPSA) is 67.9 Å². The molecule has 0 radical (unpaired) electrons. The lowest BCUT2D eigenvalue weighted by Crippen LogP contribution is -2.16. The molecule has 130 valence electrons. The summed E-state index contributed by atoms with van der Waals surface area (Å²) in [6.45, 7) is 1.44. The molecule has 2 atom stereocenters. The molecule has 0 bridgehead atoms. The van der Waals surface area contributed by atoms with E-state index in [1.165, 1.54) is 0 Å². The monoisotopic (exact) mass is 345 g/mol. The molecule has 1 fully saturated rings. The average Bonchev–Trinajstić information content (AvgIpc) is 3.32. The third-order valence-corrected chi connectivity index (χ3v) is 5.04. The van der Waals surface area contributed by atoms with E-state index in [1.807, 2.05) is 54.1 Å². The first-order valence-electron chi connectivity index (χ1n) is 8.72. The van der Waals surface area contributed by atoms with Crippen molar-refractivity contribution in [3.05, 3.63) is 65.5 Å². The van der Waals surface area contributed by atoms with Crippen LogP contribution in [-0.4, -0.2) is 28.5 Å². The second kappa shape index (κ2) is 6.74. The number of fused-ring (bicyclic) bond motifs is 1. The van der Waals surface area contributed by atoms with Crippen molar-refractivity contribution in [3.8, 4) is 6.07 Å². The molecule has 1 aromatic heterocycles. The Kier molecular flexibility index (Phi) is 4.27. The van der Waals surface area contributed by atoms with Crippen molar-refractivity contribution >= 4 is 16.8 Å². The quantitative estimate of drug-likeness (QED) is 0.678. The van der Waals surface area contributed by atoms with Crippen molar-refractivity contribution in [2.24, 2.45) is 7.05 Å². The Hall–Kier alpha value is -2.97. The number of ketones is 1. The van der Waals surface area contributed by atoms with Crippen LogP contribution in [0.3, 0.4) is 0 Å². The summed E-state index contributed by atoms with van der Waals surface area (Å²) in [6.07, 6.45) is 0.962. The lowest BCUT2D eigenvalue weighted by molar-refractivity contribution is 0.0975. The Morgan fingerprint density at radius 2 is 2.15 bits per heavy atom. The van der Waals surface area contributed by atoms with E-state index in [9.17, 15) is 10.1 Å². The summed E-state index contributed by atoms with van der Waals surface area (Å²) in [7, 11) is 1.84. The summed E-state index contributed by atoms with van der Waals surface area (Å²) in [5, 5.41) is 9.70. The molecule has 2 unspecified atom stereocenters. The van der Waals surface area contributed by atoms with Crippen LogP contribution in [0.4, 0.5) is 0 Å². The van der Waals surface area contributed by atoms with Gasteiger partial charge in [0, 0.05) is 25.1 Å². The van der Waals surface area contributed by atoms with E-state index >= 15 is 0 Å². The van der Waals surface area contributed by atoms with Gasteiger partial charge in [-0.05, 0) is 30.2 Å². The number of nitrogens with zero attached hydrogens (tertiary/aromatic N) is 3. The number of hydrogen-bond donors (Lipinski definition) is 0. The Balaban J connectivity index is 1.70. The molecule has 3 aromatic rings. The molecule has 5 nitrogen and oxygen atoms in total. The molecule has 0 amide bonds. The second-order valence-corrected chi connectivity index (χ2v) is 6.63. The van der Waals surface area contributed by atoms with Gasteiger partial charge in [-0.25, -0.2) is 4.98 Å². The summed E-state index contributed by atoms with van der Waals surface area (Å²) in [6, 6.07) is 17.4. The van der Waals surface area contributed by atoms with Crippen LogP contribution in [-0.2, 0) is 11.8 Å². The van der Waals surface area contributed by atoms with Gasteiger partial charge in [0.1, 0.15) is 5.82 Å². The Morgan fingerprint density at radius 1 is 1.31 bits per heavy atom. The number of rotatable bonds is 4. The minimum Gasteiger partial charge on any atom is -0.381 e. The highest BCUT2D eigenvalue weighted by Gasteiger charge is 2.28. The van der Waals surface area contributed by atoms with Crippen LogP contribution in [0.25, 0.3) is 11.0 Å². The third-order valence-electron chi connectivity index (χ3n) is 5.04. The number of aryl methyl sites for hydroxylation is 1. The summed E-state index contributed by atoms with van der Waals surface area (Å²) < 4.78 is 7.28. The normalized spacial score (nSPS) is 17.9. The molecule has 1 aliphatic rings. The summed E-state index contributed by atoms with van der Waals surface area (Å²) in [4.78, 5) is 17.6. The number of para-hydroxylation sites is 2. The fourth-order valence-corrected chi connectivity index (χ4v) is 3.57. The van der Waals surface area contributed by atoms with Gasteiger partial charge in [0.25, 0.3) is 0 Å². The van der Waals surface area contributed by atoms with E-state index in [1.54, 1.807) is 6.07 Å². The smallest absolute Gasteiger partial charge is 0.187 e. The number of imidazole rings is 1. The average molecular weight is 345 g/mol. The maximum Gasteiger partial charge on any atom is 0.187 e. The molecule has 0 aliphatic carbocycles. The molecular formula is C21H19N3O2. The van der Waals surface area contributed by atoms with Crippen LogP contribution >= 0.6 is 0 Å². The molecule has 4 rings (SSSR count). The van der Waals surface area contributed by atoms with E-state index in [2.05, 4.69) is 11.1 Å². The van der Waals surface area contributed by atoms with Gasteiger partial charge in [-0.3, -0.25) is 4.79 Å². The van der Waals surface area contributed by atoms with Gasteiger partial charge in [0.15, 0.2) is 11.7 Å². The van der Waals surface area contributed by atoms with Crippen LogP contribution in [0, 0.1) is 11.3 Å². The minimum atomic E-state index is -0.928. The van der Waals surface area contributed by atoms with Crippen LogP contribution in [0.2, 0.25) is 0 Å². The van der Waals surface area contributed by atoms with Crippen LogP contribution in [0.1, 0.15) is 40.0 Å². The number of hydrogen-bond acceptors (Lipinski definition) is 4. The van der Waals surface area contributed by atoms with Crippen molar-refractivity contribution in [3.63, 3.8) is 0 Å². The summed E-state index contributed by atoms with van der Waals surface area (Å²) >= 11 is 0. The fourth-order valence-electron chi connectivity index (χ4n) is 3.57. The highest BCUT2D eigenvalue weighted by atomic mass is 16.5. The van der Waals surface area contributed by atoms with Crippen LogP contribution in [0.15, 0.2) is 48.5 Å². The number of benzene rings is 2. The number of carbonyl (C=O) groups excluding carboxylic acids is 1. The van der Waals surface area contributed by atoms with E-state index < -0.39 is 5.92 Å². The third kappa shape index (κ3) is 2.79. The van der Waals surface area contributed by atoms with Gasteiger partial charge in [-0.1, -0.05) is 30.3 Å². The molecule has 1 saturated heterocycles. The predicted octanol–water partition coefficient (Wildman–Crippen LogP) is 3.57. The van der Waals surface area contributed by atoms with E-state index in [0.717, 1.165) is 29.6 Å². The van der Waals surface area contributed by atoms with Gasteiger partial charge in [-0.15, -0.1) is 0 Å². The number of carbonyl (C=O) groups is 1. The molecule has 1 aliphatic heterocycles. The molecular weight excluding hydrogens is 326 g/mol. The highest BCUT2D eigenvalue weighted by molar-refractivity contribution is 6.02. The SMILES string of the molecule is Cn1c(C(C#N)C(=O)c2cccc(C3CCOC3)c2)nc2ccccc21.